The molecule has 110 valence electrons. The SMILES string of the molecule is N/C(=N/O)c1cccc(CNc2c(Cl)cccc2Cl)c1F. The van der Waals surface area contributed by atoms with Gasteiger partial charge >= 0.3 is 0 Å². The van der Waals surface area contributed by atoms with E-state index in [1.165, 1.54) is 6.07 Å². The highest BCUT2D eigenvalue weighted by molar-refractivity contribution is 6.39. The highest BCUT2D eigenvalue weighted by Gasteiger charge is 2.12. The Hall–Kier alpha value is -1.98. The fourth-order valence-electron chi connectivity index (χ4n) is 1.82. The molecule has 4 nitrogen and oxygen atoms in total. The van der Waals surface area contributed by atoms with E-state index in [4.69, 9.17) is 34.1 Å². The molecule has 0 amide bonds. The number of nitrogens with one attached hydrogen (secondary N) is 1. The first kappa shape index (κ1) is 15.4. The van der Waals surface area contributed by atoms with Crippen molar-refractivity contribution in [3.8, 4) is 0 Å². The standard InChI is InChI=1S/C14H12Cl2FN3O/c15-10-5-2-6-11(16)13(10)19-7-8-3-1-4-9(12(8)17)14(18)20-21/h1-6,19,21H,7H2,(H2,18,20). The fourth-order valence-corrected chi connectivity index (χ4v) is 2.35. The number of rotatable bonds is 4. The molecule has 0 aliphatic carbocycles. The van der Waals surface area contributed by atoms with E-state index in [0.717, 1.165) is 0 Å². The molecule has 2 aromatic rings. The predicted molar refractivity (Wildman–Crippen MR) is 82.7 cm³/mol. The quantitative estimate of drug-likeness (QED) is 0.346. The van der Waals surface area contributed by atoms with Crippen molar-refractivity contribution in [3.63, 3.8) is 0 Å². The largest absolute Gasteiger partial charge is 0.409 e. The Bertz CT molecular complexity index is 672. The molecule has 0 radical (unpaired) electrons. The number of benzene rings is 2. The summed E-state index contributed by atoms with van der Waals surface area (Å²) in [6, 6.07) is 9.70. The molecular weight excluding hydrogens is 316 g/mol. The number of anilines is 1. The van der Waals surface area contributed by atoms with Crippen LogP contribution in [0.15, 0.2) is 41.6 Å². The van der Waals surface area contributed by atoms with Gasteiger partial charge in [-0.1, -0.05) is 46.6 Å². The van der Waals surface area contributed by atoms with E-state index in [-0.39, 0.29) is 17.9 Å². The molecule has 7 heteroatoms. The van der Waals surface area contributed by atoms with Gasteiger partial charge in [0.25, 0.3) is 0 Å². The van der Waals surface area contributed by atoms with Gasteiger partial charge in [-0.15, -0.1) is 0 Å². The van der Waals surface area contributed by atoms with Crippen LogP contribution in [0.4, 0.5) is 10.1 Å². The lowest BCUT2D eigenvalue weighted by atomic mass is 10.1. The lowest BCUT2D eigenvalue weighted by Crippen LogP contribution is -2.16. The fraction of sp³-hybridized carbons (Fsp3) is 0.0714. The third-order valence-electron chi connectivity index (χ3n) is 2.88. The van der Waals surface area contributed by atoms with Crippen LogP contribution in [0, 0.1) is 5.82 Å². The second kappa shape index (κ2) is 6.65. The van der Waals surface area contributed by atoms with Crippen molar-refractivity contribution < 1.29 is 9.60 Å². The molecule has 0 aliphatic rings. The van der Waals surface area contributed by atoms with Gasteiger partial charge in [-0.25, -0.2) is 4.39 Å². The average Bonchev–Trinajstić information content (AvgIpc) is 2.47. The molecular formula is C14H12Cl2FN3O. The monoisotopic (exact) mass is 327 g/mol. The molecule has 0 saturated carbocycles. The minimum Gasteiger partial charge on any atom is -0.409 e. The first-order chi connectivity index (χ1) is 10.0. The zero-order chi connectivity index (χ0) is 15.4. The third kappa shape index (κ3) is 3.37. The Morgan fingerprint density at radius 3 is 2.43 bits per heavy atom. The van der Waals surface area contributed by atoms with Gasteiger partial charge in [-0.05, 0) is 18.2 Å². The van der Waals surface area contributed by atoms with Crippen molar-refractivity contribution in [2.24, 2.45) is 10.9 Å². The predicted octanol–water partition coefficient (Wildman–Crippen LogP) is 3.84. The Kier molecular flexibility index (Phi) is 4.88. The summed E-state index contributed by atoms with van der Waals surface area (Å²) in [6.07, 6.45) is 0. The van der Waals surface area contributed by atoms with Gasteiger partial charge in [0.15, 0.2) is 5.84 Å². The molecule has 0 heterocycles. The molecule has 0 unspecified atom stereocenters. The maximum atomic E-state index is 14.2. The normalized spacial score (nSPS) is 11.5. The van der Waals surface area contributed by atoms with Gasteiger partial charge in [0.1, 0.15) is 5.82 Å². The van der Waals surface area contributed by atoms with E-state index < -0.39 is 5.82 Å². The Labute approximate surface area is 131 Å². The summed E-state index contributed by atoms with van der Waals surface area (Å²) in [6.45, 7) is 0.155. The number of hydrogen-bond donors (Lipinski definition) is 3. The van der Waals surface area contributed by atoms with Gasteiger partial charge in [-0.3, -0.25) is 0 Å². The van der Waals surface area contributed by atoms with E-state index in [0.29, 0.717) is 21.3 Å². The molecule has 0 fully saturated rings. The molecule has 21 heavy (non-hydrogen) atoms. The van der Waals surface area contributed by atoms with Gasteiger partial charge in [0.05, 0.1) is 21.3 Å². The highest BCUT2D eigenvalue weighted by Crippen LogP contribution is 2.30. The van der Waals surface area contributed by atoms with Crippen LogP contribution in [0.5, 0.6) is 0 Å². The lowest BCUT2D eigenvalue weighted by Gasteiger charge is -2.12. The van der Waals surface area contributed by atoms with Crippen LogP contribution < -0.4 is 11.1 Å². The van der Waals surface area contributed by atoms with Crippen LogP contribution in [0.3, 0.4) is 0 Å². The minimum absolute atomic E-state index is 0.0297. The molecule has 0 bridgehead atoms. The summed E-state index contributed by atoms with van der Waals surface area (Å²) >= 11 is 12.1. The molecule has 0 aromatic heterocycles. The summed E-state index contributed by atoms with van der Waals surface area (Å²) in [4.78, 5) is 0. The Morgan fingerprint density at radius 2 is 1.81 bits per heavy atom. The summed E-state index contributed by atoms with van der Waals surface area (Å²) in [5.41, 5.74) is 6.31. The summed E-state index contributed by atoms with van der Waals surface area (Å²) in [5, 5.41) is 15.3. The Morgan fingerprint density at radius 1 is 1.19 bits per heavy atom. The minimum atomic E-state index is -0.566. The van der Waals surface area contributed by atoms with Crippen LogP contribution in [-0.4, -0.2) is 11.0 Å². The van der Waals surface area contributed by atoms with Crippen molar-refractivity contribution in [1.29, 1.82) is 0 Å². The van der Waals surface area contributed by atoms with Crippen LogP contribution >= 0.6 is 23.2 Å². The van der Waals surface area contributed by atoms with Gasteiger partial charge < -0.3 is 16.3 Å². The highest BCUT2D eigenvalue weighted by atomic mass is 35.5. The molecule has 4 N–H and O–H groups in total. The molecule has 0 spiro atoms. The average molecular weight is 328 g/mol. The second-order valence-electron chi connectivity index (χ2n) is 4.21. The van der Waals surface area contributed by atoms with Crippen LogP contribution in [0.2, 0.25) is 10.0 Å². The van der Waals surface area contributed by atoms with E-state index >= 15 is 0 Å². The molecule has 2 aromatic carbocycles. The van der Waals surface area contributed by atoms with E-state index in [2.05, 4.69) is 10.5 Å². The van der Waals surface area contributed by atoms with Crippen molar-refractivity contribution in [2.45, 2.75) is 6.54 Å². The zero-order valence-electron chi connectivity index (χ0n) is 10.8. The van der Waals surface area contributed by atoms with Crippen molar-refractivity contribution in [2.75, 3.05) is 5.32 Å². The lowest BCUT2D eigenvalue weighted by molar-refractivity contribution is 0.318. The number of hydrogen-bond acceptors (Lipinski definition) is 3. The number of para-hydroxylation sites is 1. The second-order valence-corrected chi connectivity index (χ2v) is 5.03. The van der Waals surface area contributed by atoms with Crippen LogP contribution in [0.25, 0.3) is 0 Å². The maximum Gasteiger partial charge on any atom is 0.173 e. The van der Waals surface area contributed by atoms with E-state index in [9.17, 15) is 4.39 Å². The van der Waals surface area contributed by atoms with Crippen LogP contribution in [0.1, 0.15) is 11.1 Å². The number of halogens is 3. The number of amidine groups is 1. The third-order valence-corrected chi connectivity index (χ3v) is 3.51. The number of nitrogens with zero attached hydrogens (tertiary/aromatic N) is 1. The van der Waals surface area contributed by atoms with Gasteiger partial charge in [-0.2, -0.15) is 0 Å². The summed E-state index contributed by atoms with van der Waals surface area (Å²) < 4.78 is 14.2. The zero-order valence-corrected chi connectivity index (χ0v) is 12.3. The molecule has 0 aliphatic heterocycles. The van der Waals surface area contributed by atoms with E-state index in [1.807, 2.05) is 0 Å². The van der Waals surface area contributed by atoms with Gasteiger partial charge in [0, 0.05) is 12.1 Å². The number of oxime groups is 1. The topological polar surface area (TPSA) is 70.6 Å². The first-order valence-electron chi connectivity index (χ1n) is 5.97. The van der Waals surface area contributed by atoms with Gasteiger partial charge in [0.2, 0.25) is 0 Å². The maximum absolute atomic E-state index is 14.2. The molecule has 0 atom stereocenters. The van der Waals surface area contributed by atoms with E-state index in [1.54, 1.807) is 30.3 Å². The van der Waals surface area contributed by atoms with Crippen LogP contribution in [-0.2, 0) is 6.54 Å². The van der Waals surface area contributed by atoms with Crippen molar-refractivity contribution in [1.82, 2.24) is 0 Å². The first-order valence-corrected chi connectivity index (χ1v) is 6.73. The summed E-state index contributed by atoms with van der Waals surface area (Å²) in [5.74, 6) is -0.853. The van der Waals surface area contributed by atoms with Crippen molar-refractivity contribution >= 4 is 34.7 Å². The number of nitrogens with two attached hydrogens (primary N) is 1. The molecule has 2 rings (SSSR count). The summed E-state index contributed by atoms with van der Waals surface area (Å²) in [7, 11) is 0. The smallest absolute Gasteiger partial charge is 0.173 e. The van der Waals surface area contributed by atoms with Crippen molar-refractivity contribution in [3.05, 3.63) is 63.4 Å². The Balaban J connectivity index is 2.25. The molecule has 0 saturated heterocycles.